The van der Waals surface area contributed by atoms with Gasteiger partial charge in [-0.25, -0.2) is 0 Å². The molecule has 0 bridgehead atoms. The fraction of sp³-hybridized carbons (Fsp3) is 0.111. The first-order valence-corrected chi connectivity index (χ1v) is 4.23. The Morgan fingerprint density at radius 1 is 1.23 bits per heavy atom. The van der Waals surface area contributed by atoms with E-state index < -0.39 is 0 Å². The first kappa shape index (κ1) is 12.8. The lowest BCUT2D eigenvalue weighted by Crippen LogP contribution is -2.05. The smallest absolute Gasteiger partial charge is 0.0479 e. The molecule has 0 aliphatic heterocycles. The number of hydrogen-bond acceptors (Lipinski definition) is 1. The summed E-state index contributed by atoms with van der Waals surface area (Å²) in [6, 6.07) is 5.02. The molecule has 0 unspecified atom stereocenters. The van der Waals surface area contributed by atoms with E-state index in [9.17, 15) is 0 Å². The van der Waals surface area contributed by atoms with Crippen LogP contribution in [0.25, 0.3) is 0 Å². The van der Waals surface area contributed by atoms with Crippen LogP contribution in [0.2, 0.25) is 10.0 Å². The second-order valence-electron chi connectivity index (χ2n) is 2.46. The molecule has 0 radical (unpaired) electrons. The SMILES string of the molecule is C=C[C@H](N)c1cc(Cl)cc(Cl)c1.Cl. The van der Waals surface area contributed by atoms with Crippen molar-refractivity contribution in [3.8, 4) is 0 Å². The minimum Gasteiger partial charge on any atom is -0.321 e. The largest absolute Gasteiger partial charge is 0.321 e. The van der Waals surface area contributed by atoms with E-state index in [1.807, 2.05) is 0 Å². The number of halogens is 3. The van der Waals surface area contributed by atoms with Crippen molar-refractivity contribution in [2.75, 3.05) is 0 Å². The van der Waals surface area contributed by atoms with Gasteiger partial charge in [-0.3, -0.25) is 0 Å². The molecule has 1 nitrogen and oxygen atoms in total. The third-order valence-electron chi connectivity index (χ3n) is 1.52. The predicted molar refractivity (Wildman–Crippen MR) is 60.8 cm³/mol. The summed E-state index contributed by atoms with van der Waals surface area (Å²) in [5, 5.41) is 1.18. The number of hydrogen-bond donors (Lipinski definition) is 1. The van der Waals surface area contributed by atoms with Gasteiger partial charge < -0.3 is 5.73 Å². The van der Waals surface area contributed by atoms with Gasteiger partial charge in [0.1, 0.15) is 0 Å². The van der Waals surface area contributed by atoms with Crippen LogP contribution in [-0.4, -0.2) is 0 Å². The standard InChI is InChI=1S/C9H9Cl2N.ClH/c1-2-9(12)6-3-7(10)5-8(11)4-6;/h2-5,9H,1,12H2;1H/t9-;/m0./s1. The Bertz CT molecular complexity index is 279. The summed E-state index contributed by atoms with van der Waals surface area (Å²) in [5.74, 6) is 0. The van der Waals surface area contributed by atoms with E-state index in [2.05, 4.69) is 6.58 Å². The van der Waals surface area contributed by atoms with Crippen molar-refractivity contribution >= 4 is 35.6 Å². The van der Waals surface area contributed by atoms with Crippen molar-refractivity contribution in [1.82, 2.24) is 0 Å². The van der Waals surface area contributed by atoms with Crippen LogP contribution in [0.5, 0.6) is 0 Å². The van der Waals surface area contributed by atoms with Crippen LogP contribution < -0.4 is 5.73 Å². The molecule has 0 saturated heterocycles. The van der Waals surface area contributed by atoms with Crippen molar-refractivity contribution in [3.63, 3.8) is 0 Å². The molecule has 72 valence electrons. The van der Waals surface area contributed by atoms with Crippen LogP contribution in [0, 0.1) is 0 Å². The molecule has 0 amide bonds. The first-order valence-electron chi connectivity index (χ1n) is 3.47. The summed E-state index contributed by atoms with van der Waals surface area (Å²) < 4.78 is 0. The molecule has 0 aromatic heterocycles. The monoisotopic (exact) mass is 237 g/mol. The average molecular weight is 239 g/mol. The number of nitrogens with two attached hydrogens (primary N) is 1. The predicted octanol–water partition coefficient (Wildman–Crippen LogP) is 3.60. The van der Waals surface area contributed by atoms with Gasteiger partial charge >= 0.3 is 0 Å². The zero-order valence-corrected chi connectivity index (χ0v) is 9.16. The van der Waals surface area contributed by atoms with Gasteiger partial charge in [-0.05, 0) is 23.8 Å². The second-order valence-corrected chi connectivity index (χ2v) is 3.34. The van der Waals surface area contributed by atoms with E-state index in [1.54, 1.807) is 24.3 Å². The van der Waals surface area contributed by atoms with Gasteiger partial charge in [0.05, 0.1) is 0 Å². The summed E-state index contributed by atoms with van der Waals surface area (Å²) in [6.07, 6.45) is 1.64. The molecule has 1 aromatic carbocycles. The van der Waals surface area contributed by atoms with Crippen LogP contribution in [0.1, 0.15) is 11.6 Å². The Morgan fingerprint density at radius 3 is 2.08 bits per heavy atom. The van der Waals surface area contributed by atoms with Crippen molar-refractivity contribution in [2.24, 2.45) is 5.73 Å². The van der Waals surface area contributed by atoms with Crippen LogP contribution in [0.15, 0.2) is 30.9 Å². The fourth-order valence-corrected chi connectivity index (χ4v) is 1.45. The van der Waals surface area contributed by atoms with E-state index in [4.69, 9.17) is 28.9 Å². The summed E-state index contributed by atoms with van der Waals surface area (Å²) in [4.78, 5) is 0. The lowest BCUT2D eigenvalue weighted by Gasteiger charge is -2.06. The zero-order chi connectivity index (χ0) is 9.14. The summed E-state index contributed by atoms with van der Waals surface area (Å²) in [5.41, 5.74) is 6.57. The third-order valence-corrected chi connectivity index (χ3v) is 1.96. The van der Waals surface area contributed by atoms with Gasteiger partial charge in [0.15, 0.2) is 0 Å². The van der Waals surface area contributed by atoms with Crippen molar-refractivity contribution < 1.29 is 0 Å². The molecule has 1 aromatic rings. The number of benzene rings is 1. The van der Waals surface area contributed by atoms with Gasteiger partial charge in [-0.2, -0.15) is 0 Å². The highest BCUT2D eigenvalue weighted by Crippen LogP contribution is 2.22. The van der Waals surface area contributed by atoms with E-state index in [0.717, 1.165) is 5.56 Å². The fourth-order valence-electron chi connectivity index (χ4n) is 0.904. The maximum Gasteiger partial charge on any atom is 0.0479 e. The van der Waals surface area contributed by atoms with E-state index in [1.165, 1.54) is 0 Å². The van der Waals surface area contributed by atoms with Gasteiger partial charge in [0.2, 0.25) is 0 Å². The molecular formula is C9H10Cl3N. The highest BCUT2D eigenvalue weighted by molar-refractivity contribution is 6.34. The Kier molecular flexibility index (Phi) is 5.42. The van der Waals surface area contributed by atoms with Crippen molar-refractivity contribution in [1.29, 1.82) is 0 Å². The molecule has 13 heavy (non-hydrogen) atoms. The third kappa shape index (κ3) is 3.57. The van der Waals surface area contributed by atoms with E-state index >= 15 is 0 Å². The Balaban J connectivity index is 0.00000144. The highest BCUT2D eigenvalue weighted by atomic mass is 35.5. The maximum atomic E-state index is 5.78. The van der Waals surface area contributed by atoms with E-state index in [-0.39, 0.29) is 18.4 Å². The minimum atomic E-state index is -0.207. The minimum absolute atomic E-state index is 0. The van der Waals surface area contributed by atoms with Gasteiger partial charge in [-0.1, -0.05) is 29.3 Å². The zero-order valence-electron chi connectivity index (χ0n) is 6.84. The number of rotatable bonds is 2. The molecular weight excluding hydrogens is 228 g/mol. The molecule has 0 saturated carbocycles. The molecule has 0 aliphatic carbocycles. The Morgan fingerprint density at radius 2 is 1.69 bits per heavy atom. The maximum absolute atomic E-state index is 5.78. The molecule has 0 spiro atoms. The second kappa shape index (κ2) is 5.51. The Labute approximate surface area is 93.9 Å². The lowest BCUT2D eigenvalue weighted by molar-refractivity contribution is 0.915. The lowest BCUT2D eigenvalue weighted by atomic mass is 10.1. The van der Waals surface area contributed by atoms with E-state index in [0.29, 0.717) is 10.0 Å². The molecule has 1 atom stereocenters. The van der Waals surface area contributed by atoms with Gasteiger partial charge in [0, 0.05) is 16.1 Å². The quantitative estimate of drug-likeness (QED) is 0.783. The van der Waals surface area contributed by atoms with Gasteiger partial charge in [0.25, 0.3) is 0 Å². The summed E-state index contributed by atoms with van der Waals surface area (Å²) >= 11 is 11.6. The summed E-state index contributed by atoms with van der Waals surface area (Å²) in [6.45, 7) is 3.59. The van der Waals surface area contributed by atoms with Crippen LogP contribution >= 0.6 is 35.6 Å². The first-order chi connectivity index (χ1) is 5.63. The molecule has 0 heterocycles. The van der Waals surface area contributed by atoms with Crippen LogP contribution in [0.4, 0.5) is 0 Å². The summed E-state index contributed by atoms with van der Waals surface area (Å²) in [7, 11) is 0. The van der Waals surface area contributed by atoms with Gasteiger partial charge in [-0.15, -0.1) is 19.0 Å². The average Bonchev–Trinajstić information content (AvgIpc) is 2.01. The van der Waals surface area contributed by atoms with Crippen LogP contribution in [-0.2, 0) is 0 Å². The molecule has 2 N–H and O–H groups in total. The Hall–Kier alpha value is -0.210. The molecule has 0 aliphatic rings. The van der Waals surface area contributed by atoms with Crippen molar-refractivity contribution in [3.05, 3.63) is 46.5 Å². The highest BCUT2D eigenvalue weighted by Gasteiger charge is 2.03. The van der Waals surface area contributed by atoms with Crippen molar-refractivity contribution in [2.45, 2.75) is 6.04 Å². The molecule has 4 heteroatoms. The normalized spacial score (nSPS) is 11.6. The van der Waals surface area contributed by atoms with Crippen LogP contribution in [0.3, 0.4) is 0 Å². The topological polar surface area (TPSA) is 26.0 Å². The molecule has 1 rings (SSSR count). The molecule has 0 fully saturated rings.